The van der Waals surface area contributed by atoms with Crippen LogP contribution in [0.15, 0.2) is 42.6 Å². The largest absolute Gasteiger partial charge is 0.478 e. The number of carboxylic acids is 2. The molecule has 2 heterocycles. The summed E-state index contributed by atoms with van der Waals surface area (Å²) in [4.78, 5) is 41.7. The molecule has 0 aliphatic carbocycles. The minimum atomic E-state index is -1.26. The second-order valence-corrected chi connectivity index (χ2v) is 9.23. The number of carbonyl (C=O) groups is 3. The minimum Gasteiger partial charge on any atom is -0.478 e. The Morgan fingerprint density at radius 3 is 2.34 bits per heavy atom. The molecule has 3 N–H and O–H groups in total. The van der Waals surface area contributed by atoms with Crippen molar-refractivity contribution in [3.05, 3.63) is 58.1 Å². The van der Waals surface area contributed by atoms with Crippen molar-refractivity contribution in [2.75, 3.05) is 44.2 Å². The molecule has 0 radical (unpaired) electrons. The van der Waals surface area contributed by atoms with E-state index in [4.69, 9.17) is 10.2 Å². The van der Waals surface area contributed by atoms with Crippen molar-refractivity contribution in [1.82, 2.24) is 15.2 Å². The number of aliphatic carboxylic acids is 2. The quantitative estimate of drug-likeness (QED) is 0.424. The Morgan fingerprint density at radius 1 is 1.09 bits per heavy atom. The lowest BCUT2D eigenvalue weighted by molar-refractivity contribution is -0.134. The molecule has 0 spiro atoms. The Kier molecular flexibility index (Phi) is 11.9. The third-order valence-corrected chi connectivity index (χ3v) is 6.49. The van der Waals surface area contributed by atoms with Crippen molar-refractivity contribution >= 4 is 34.9 Å². The fraction of sp³-hybridized carbons (Fsp3) is 0.440. The molecule has 0 atom stereocenters. The van der Waals surface area contributed by atoms with Crippen LogP contribution in [0.5, 0.6) is 0 Å². The number of carbonyl (C=O) groups excluding carboxylic acids is 1. The van der Waals surface area contributed by atoms with Gasteiger partial charge in [0.2, 0.25) is 0 Å². The number of para-hydroxylation sites is 1. The summed E-state index contributed by atoms with van der Waals surface area (Å²) >= 11 is 1.52. The smallest absolute Gasteiger partial charge is 0.328 e. The van der Waals surface area contributed by atoms with Gasteiger partial charge in [-0.15, -0.1) is 11.3 Å². The van der Waals surface area contributed by atoms with E-state index in [0.29, 0.717) is 23.7 Å². The van der Waals surface area contributed by atoms with E-state index in [1.807, 2.05) is 6.20 Å². The molecule has 0 bridgehead atoms. The number of aryl methyl sites for hydroxylation is 2. The number of hydrogen-bond donors (Lipinski definition) is 3. The van der Waals surface area contributed by atoms with Crippen LogP contribution in [-0.4, -0.2) is 77.2 Å². The van der Waals surface area contributed by atoms with Gasteiger partial charge in [-0.2, -0.15) is 0 Å². The standard InChI is InChI=1S/C21H30N4OS.C4H4O4/c1-3-4-8-18-16-23-21(27-18)20(26)22-10-11-24-12-14-25(15-13-24)19-9-6-5-7-17(19)2;5-3(6)1-2-4(7)8/h5-7,9,16H,3-4,8,10-15H2,1-2H3,(H,22,26);1-2H,(H,5,6)(H,7,8)/b;2-1-. The highest BCUT2D eigenvalue weighted by atomic mass is 32.1. The molecule has 35 heavy (non-hydrogen) atoms. The normalized spacial score (nSPS) is 13.8. The van der Waals surface area contributed by atoms with E-state index in [1.165, 1.54) is 27.5 Å². The molecule has 3 rings (SSSR count). The lowest BCUT2D eigenvalue weighted by Crippen LogP contribution is -2.48. The van der Waals surface area contributed by atoms with Gasteiger partial charge in [0.05, 0.1) is 0 Å². The van der Waals surface area contributed by atoms with Gasteiger partial charge >= 0.3 is 11.9 Å². The summed E-state index contributed by atoms with van der Waals surface area (Å²) < 4.78 is 0. The van der Waals surface area contributed by atoms with Gasteiger partial charge in [-0.05, 0) is 31.4 Å². The van der Waals surface area contributed by atoms with E-state index < -0.39 is 11.9 Å². The van der Waals surface area contributed by atoms with Crippen LogP contribution >= 0.6 is 11.3 Å². The van der Waals surface area contributed by atoms with Crippen LogP contribution < -0.4 is 10.2 Å². The molecule has 190 valence electrons. The highest BCUT2D eigenvalue weighted by Crippen LogP contribution is 2.20. The van der Waals surface area contributed by atoms with Crippen LogP contribution in [0, 0.1) is 6.92 Å². The maximum Gasteiger partial charge on any atom is 0.328 e. The Labute approximate surface area is 210 Å². The predicted molar refractivity (Wildman–Crippen MR) is 137 cm³/mol. The molecule has 0 saturated carbocycles. The highest BCUT2D eigenvalue weighted by Gasteiger charge is 2.18. The zero-order chi connectivity index (χ0) is 25.6. The van der Waals surface area contributed by atoms with Crippen LogP contribution in [0.2, 0.25) is 0 Å². The Hall–Kier alpha value is -3.24. The van der Waals surface area contributed by atoms with E-state index in [0.717, 1.165) is 52.0 Å². The van der Waals surface area contributed by atoms with Gasteiger partial charge in [-0.1, -0.05) is 31.5 Å². The van der Waals surface area contributed by atoms with Gasteiger partial charge in [0, 0.05) is 68.2 Å². The number of amides is 1. The van der Waals surface area contributed by atoms with Crippen LogP contribution in [0.3, 0.4) is 0 Å². The van der Waals surface area contributed by atoms with Crippen LogP contribution in [-0.2, 0) is 16.0 Å². The average Bonchev–Trinajstić information content (AvgIpc) is 3.32. The molecule has 1 fully saturated rings. The highest BCUT2D eigenvalue weighted by molar-refractivity contribution is 7.13. The average molecular weight is 503 g/mol. The topological polar surface area (TPSA) is 123 Å². The second-order valence-electron chi connectivity index (χ2n) is 8.12. The van der Waals surface area contributed by atoms with E-state index in [9.17, 15) is 14.4 Å². The Balaban J connectivity index is 0.000000466. The summed E-state index contributed by atoms with van der Waals surface area (Å²) in [5, 5.41) is 19.2. The molecular weight excluding hydrogens is 468 g/mol. The van der Waals surface area contributed by atoms with Crippen molar-refractivity contribution in [3.8, 4) is 0 Å². The number of unbranched alkanes of at least 4 members (excludes halogenated alkanes) is 1. The number of benzene rings is 1. The molecule has 1 saturated heterocycles. The van der Waals surface area contributed by atoms with Gasteiger partial charge < -0.3 is 20.4 Å². The lowest BCUT2D eigenvalue weighted by Gasteiger charge is -2.36. The molecule has 1 aromatic carbocycles. The van der Waals surface area contributed by atoms with Crippen molar-refractivity contribution in [2.24, 2.45) is 0 Å². The maximum atomic E-state index is 12.3. The third kappa shape index (κ3) is 10.3. The van der Waals surface area contributed by atoms with Gasteiger partial charge in [0.1, 0.15) is 0 Å². The third-order valence-electron chi connectivity index (χ3n) is 5.44. The zero-order valence-corrected chi connectivity index (χ0v) is 21.1. The number of nitrogens with zero attached hydrogens (tertiary/aromatic N) is 3. The second kappa shape index (κ2) is 14.9. The first kappa shape index (κ1) is 28.0. The Morgan fingerprint density at radius 2 is 1.74 bits per heavy atom. The zero-order valence-electron chi connectivity index (χ0n) is 20.3. The predicted octanol–water partition coefficient (Wildman–Crippen LogP) is 3.06. The molecule has 9 nitrogen and oxygen atoms in total. The first-order valence-electron chi connectivity index (χ1n) is 11.7. The molecule has 2 aromatic rings. The number of rotatable bonds is 10. The summed E-state index contributed by atoms with van der Waals surface area (Å²) in [6, 6.07) is 8.57. The van der Waals surface area contributed by atoms with Crippen molar-refractivity contribution < 1.29 is 24.6 Å². The molecule has 10 heteroatoms. The van der Waals surface area contributed by atoms with Crippen molar-refractivity contribution in [3.63, 3.8) is 0 Å². The van der Waals surface area contributed by atoms with Crippen LogP contribution in [0.25, 0.3) is 0 Å². The van der Waals surface area contributed by atoms with Crippen LogP contribution in [0.4, 0.5) is 5.69 Å². The number of piperazine rings is 1. The van der Waals surface area contributed by atoms with E-state index in [1.54, 1.807) is 0 Å². The Bertz CT molecular complexity index is 983. The SMILES string of the molecule is CCCCc1cnc(C(=O)NCCN2CCN(c3ccccc3C)CC2)s1.O=C(O)/C=C\C(=O)O. The number of thiazole rings is 1. The van der Waals surface area contributed by atoms with Gasteiger partial charge in [-0.3, -0.25) is 9.69 Å². The van der Waals surface area contributed by atoms with Crippen molar-refractivity contribution in [2.45, 2.75) is 33.1 Å². The number of carboxylic acid groups (broad SMARTS) is 2. The number of aromatic nitrogens is 1. The van der Waals surface area contributed by atoms with E-state index in [2.05, 4.69) is 58.2 Å². The maximum absolute atomic E-state index is 12.3. The first-order valence-corrected chi connectivity index (χ1v) is 12.5. The number of nitrogens with one attached hydrogen (secondary N) is 1. The summed E-state index contributed by atoms with van der Waals surface area (Å²) in [6.07, 6.45) is 6.30. The van der Waals surface area contributed by atoms with Gasteiger partial charge in [0.15, 0.2) is 5.01 Å². The molecule has 1 amide bonds. The lowest BCUT2D eigenvalue weighted by atomic mass is 10.1. The fourth-order valence-corrected chi connectivity index (χ4v) is 4.43. The monoisotopic (exact) mass is 502 g/mol. The van der Waals surface area contributed by atoms with Gasteiger partial charge in [-0.25, -0.2) is 14.6 Å². The number of hydrogen-bond acceptors (Lipinski definition) is 7. The minimum absolute atomic E-state index is 0.0405. The van der Waals surface area contributed by atoms with Crippen LogP contribution in [0.1, 0.15) is 40.0 Å². The summed E-state index contributed by atoms with van der Waals surface area (Å²) in [5.74, 6) is -2.55. The summed E-state index contributed by atoms with van der Waals surface area (Å²) in [6.45, 7) is 10.0. The summed E-state index contributed by atoms with van der Waals surface area (Å²) in [7, 11) is 0. The molecular formula is C25H34N4O5S. The fourth-order valence-electron chi connectivity index (χ4n) is 3.56. The first-order chi connectivity index (χ1) is 16.8. The molecule has 1 aromatic heterocycles. The summed E-state index contributed by atoms with van der Waals surface area (Å²) in [5.41, 5.74) is 2.67. The number of anilines is 1. The van der Waals surface area contributed by atoms with Crippen molar-refractivity contribution in [1.29, 1.82) is 0 Å². The molecule has 0 unspecified atom stereocenters. The van der Waals surface area contributed by atoms with E-state index >= 15 is 0 Å². The molecule has 1 aliphatic heterocycles. The van der Waals surface area contributed by atoms with E-state index in [-0.39, 0.29) is 5.91 Å². The van der Waals surface area contributed by atoms with Gasteiger partial charge in [0.25, 0.3) is 5.91 Å². The molecule has 1 aliphatic rings.